The molecule has 19 rings (SSSR count). The van der Waals surface area contributed by atoms with Crippen LogP contribution in [0.25, 0.3) is 87.7 Å². The smallest absolute Gasteiger partial charge is 0.138 e. The lowest BCUT2D eigenvalue weighted by Gasteiger charge is -2.00. The van der Waals surface area contributed by atoms with Crippen molar-refractivity contribution in [3.8, 4) is 22.3 Å². The maximum atomic E-state index is 5.78. The number of nitrogens with zero attached hydrogens (tertiary/aromatic N) is 5. The molecular formula is C98H94N6O3S. The molecule has 108 heavy (non-hydrogen) atoms. The van der Waals surface area contributed by atoms with Gasteiger partial charge in [-0.2, -0.15) is 0 Å². The van der Waals surface area contributed by atoms with Gasteiger partial charge in [-0.3, -0.25) is 19.9 Å². The summed E-state index contributed by atoms with van der Waals surface area (Å²) in [6, 6.07) is 99.4. The van der Waals surface area contributed by atoms with E-state index in [0.29, 0.717) is 0 Å². The second-order valence-electron chi connectivity index (χ2n) is 25.7. The number of para-hydroxylation sites is 3. The summed E-state index contributed by atoms with van der Waals surface area (Å²) in [4.78, 5) is 23.8. The number of imidazole rings is 1. The van der Waals surface area contributed by atoms with Crippen molar-refractivity contribution in [2.75, 3.05) is 0 Å². The van der Waals surface area contributed by atoms with Crippen LogP contribution in [0.15, 0.2) is 378 Å². The highest BCUT2D eigenvalue weighted by atomic mass is 32.1. The van der Waals surface area contributed by atoms with E-state index in [1.165, 1.54) is 115 Å². The van der Waals surface area contributed by atoms with Gasteiger partial charge in [-0.05, 0) is 226 Å². The number of fused-ring (bicyclic) bond motifs is 8. The number of furan rings is 3. The summed E-state index contributed by atoms with van der Waals surface area (Å²) < 4.78 is 16.3. The molecule has 540 valence electrons. The standard InChI is InChI=1S/2C13H10O.2C12H11N.2C11H10.2C6H7N.C5H6O.C5H6S.C4H6N2/c1-9-5-4-7-11-10-6-2-3-8-12(10)14-13(9)11;1-9-6-7-11-10-4-2-3-5-12(10)14-13(11)8-9;1-10-2-4-11(5-3-10)12-6-8-13-9-7-12;1-10-4-6-11(7-5-10)12-3-2-8-13-9-12;1-9-5-4-7-10-6-2-3-8-11(9)10;1-9-6-7-10-4-2-3-5-11(10)8-9;1-6-2-4-7-5-3-6;1-6-3-2-4-7-5-6;2*1-5-3-2-4-6-5;1-4-2-5-3-6-4/h2*2-8H,1H3;2*2-9H,1H3;2*2-8H,1H3;2*2-5H,1H3;2*2-4H,1H3;2-3H,1H3,(H,5,6). The van der Waals surface area contributed by atoms with Crippen molar-refractivity contribution in [1.82, 2.24) is 29.9 Å². The number of hydrogen-bond donors (Lipinski definition) is 1. The fourth-order valence-electron chi connectivity index (χ4n) is 10.9. The molecule has 0 aliphatic rings. The van der Waals surface area contributed by atoms with Crippen LogP contribution in [0.5, 0.6) is 0 Å². The first-order valence-electron chi connectivity index (χ1n) is 35.9. The number of aromatic nitrogens is 6. The number of H-pyrrole nitrogens is 1. The third-order valence-corrected chi connectivity index (χ3v) is 17.6. The van der Waals surface area contributed by atoms with E-state index in [4.69, 9.17) is 13.3 Å². The van der Waals surface area contributed by atoms with Gasteiger partial charge in [-0.15, -0.1) is 11.3 Å². The zero-order valence-corrected chi connectivity index (χ0v) is 64.3. The van der Waals surface area contributed by atoms with Crippen LogP contribution < -0.4 is 0 Å². The summed E-state index contributed by atoms with van der Waals surface area (Å²) in [5, 5.41) is 12.2. The van der Waals surface area contributed by atoms with E-state index >= 15 is 0 Å². The normalized spacial score (nSPS) is 9.99. The van der Waals surface area contributed by atoms with Gasteiger partial charge in [0.2, 0.25) is 0 Å². The highest BCUT2D eigenvalue weighted by Gasteiger charge is 2.08. The average Bonchev–Trinajstić information content (AvgIpc) is 1.66. The summed E-state index contributed by atoms with van der Waals surface area (Å²) >= 11 is 1.78. The number of benzene rings is 10. The Bertz CT molecular complexity index is 5460. The predicted molar refractivity (Wildman–Crippen MR) is 457 cm³/mol. The van der Waals surface area contributed by atoms with Crippen molar-refractivity contribution in [2.24, 2.45) is 0 Å². The van der Waals surface area contributed by atoms with Crippen LogP contribution in [0.3, 0.4) is 0 Å². The van der Waals surface area contributed by atoms with Gasteiger partial charge in [0.05, 0.1) is 12.6 Å². The number of rotatable bonds is 2. The lowest BCUT2D eigenvalue weighted by atomic mass is 10.1. The molecule has 10 aromatic carbocycles. The molecule has 10 heteroatoms. The number of hydrogen-bond acceptors (Lipinski definition) is 9. The predicted octanol–water partition coefficient (Wildman–Crippen LogP) is 27.3. The van der Waals surface area contributed by atoms with Gasteiger partial charge in [0, 0.05) is 87.9 Å². The minimum Gasteiger partial charge on any atom is -0.470 e. The first kappa shape index (κ1) is 79.2. The highest BCUT2D eigenvalue weighted by molar-refractivity contribution is 7.09. The molecule has 0 saturated carbocycles. The first-order valence-corrected chi connectivity index (χ1v) is 36.8. The molecular weight excluding hydrogens is 1340 g/mol. The molecule has 0 unspecified atom stereocenters. The van der Waals surface area contributed by atoms with Gasteiger partial charge >= 0.3 is 0 Å². The third kappa shape index (κ3) is 26.1. The van der Waals surface area contributed by atoms with E-state index in [9.17, 15) is 0 Å². The monoisotopic (exact) mass is 1430 g/mol. The molecule has 0 bridgehead atoms. The molecule has 0 spiro atoms. The van der Waals surface area contributed by atoms with Crippen LogP contribution in [-0.4, -0.2) is 29.9 Å². The van der Waals surface area contributed by atoms with E-state index in [-0.39, 0.29) is 0 Å². The van der Waals surface area contributed by atoms with Crippen molar-refractivity contribution in [3.05, 3.63) is 426 Å². The number of pyridine rings is 4. The maximum Gasteiger partial charge on any atom is 0.138 e. The fourth-order valence-corrected chi connectivity index (χ4v) is 11.4. The van der Waals surface area contributed by atoms with E-state index in [0.717, 1.165) is 33.8 Å². The number of aryl methyl sites for hydroxylation is 11. The number of aromatic amines is 1. The van der Waals surface area contributed by atoms with Crippen LogP contribution in [-0.2, 0) is 0 Å². The number of nitrogens with one attached hydrogen (secondary N) is 1. The molecule has 0 amide bonds. The lowest BCUT2D eigenvalue weighted by Crippen LogP contribution is -1.78. The molecule has 0 saturated heterocycles. The van der Waals surface area contributed by atoms with Crippen LogP contribution >= 0.6 is 11.3 Å². The van der Waals surface area contributed by atoms with Crippen LogP contribution in [0.4, 0.5) is 0 Å². The van der Waals surface area contributed by atoms with Crippen molar-refractivity contribution in [1.29, 1.82) is 0 Å². The molecule has 9 aromatic heterocycles. The molecule has 19 aromatic rings. The Labute approximate surface area is 640 Å². The summed E-state index contributed by atoms with van der Waals surface area (Å²) in [7, 11) is 0. The van der Waals surface area contributed by atoms with Crippen molar-refractivity contribution >= 4 is 76.8 Å². The van der Waals surface area contributed by atoms with Crippen molar-refractivity contribution in [3.63, 3.8) is 0 Å². The van der Waals surface area contributed by atoms with Crippen LogP contribution in [0.1, 0.15) is 60.8 Å². The van der Waals surface area contributed by atoms with E-state index in [2.05, 4.69) is 284 Å². The molecule has 0 fully saturated rings. The first-order chi connectivity index (χ1) is 52.6. The SMILES string of the molecule is Cc1ccc(-c2cccnc2)cc1.Cc1ccc(-c2ccncc2)cc1.Cc1ccc2c(c1)oc1ccccc12.Cc1ccc2ccccc2c1.Cc1cccc2c1oc1ccccc12.Cc1cccc2ccccc12.Cc1cccnc1.Cc1ccco1.Cc1cccs1.Cc1ccncc1.Cc1cnc[nH]1. The Morgan fingerprint density at radius 3 is 1.32 bits per heavy atom. The Morgan fingerprint density at radius 2 is 0.806 bits per heavy atom. The molecule has 1 N–H and O–H groups in total. The number of thiophene rings is 1. The third-order valence-electron chi connectivity index (χ3n) is 16.8. The van der Waals surface area contributed by atoms with Gasteiger partial charge in [0.15, 0.2) is 0 Å². The lowest BCUT2D eigenvalue weighted by molar-refractivity contribution is 0.534. The summed E-state index contributed by atoms with van der Waals surface area (Å²) in [6.07, 6.45) is 19.6. The fraction of sp³-hybridized carbons (Fsp3) is 0.112. The van der Waals surface area contributed by atoms with Crippen molar-refractivity contribution < 1.29 is 13.3 Å². The van der Waals surface area contributed by atoms with Gasteiger partial charge in [0.25, 0.3) is 0 Å². The molecule has 9 heterocycles. The second-order valence-corrected chi connectivity index (χ2v) is 26.9. The quantitative estimate of drug-likeness (QED) is 0.182. The minimum absolute atomic E-state index is 0.966. The molecule has 9 nitrogen and oxygen atoms in total. The van der Waals surface area contributed by atoms with E-state index in [1.54, 1.807) is 54.9 Å². The Kier molecular flexibility index (Phi) is 31.4. The van der Waals surface area contributed by atoms with E-state index < -0.39 is 0 Å². The molecule has 0 radical (unpaired) electrons. The van der Waals surface area contributed by atoms with Crippen LogP contribution in [0, 0.1) is 76.2 Å². The average molecular weight is 1440 g/mol. The van der Waals surface area contributed by atoms with Crippen LogP contribution in [0.2, 0.25) is 0 Å². The molecule has 0 aliphatic carbocycles. The zero-order valence-electron chi connectivity index (χ0n) is 63.5. The second kappa shape index (κ2) is 42.8. The summed E-state index contributed by atoms with van der Waals surface area (Å²) in [5.74, 6) is 0.968. The zero-order chi connectivity index (χ0) is 76.1. The summed E-state index contributed by atoms with van der Waals surface area (Å²) in [5.41, 5.74) is 20.0. The Morgan fingerprint density at radius 1 is 0.287 bits per heavy atom. The minimum atomic E-state index is 0.966. The van der Waals surface area contributed by atoms with Gasteiger partial charge in [0.1, 0.15) is 28.1 Å². The molecule has 0 aliphatic heterocycles. The Hall–Kier alpha value is -12.9. The van der Waals surface area contributed by atoms with Gasteiger partial charge in [-0.25, -0.2) is 4.98 Å². The highest BCUT2D eigenvalue weighted by Crippen LogP contribution is 2.31. The molecule has 0 atom stereocenters. The van der Waals surface area contributed by atoms with E-state index in [1.807, 2.05) is 143 Å². The van der Waals surface area contributed by atoms with Crippen molar-refractivity contribution in [2.45, 2.75) is 76.2 Å². The summed E-state index contributed by atoms with van der Waals surface area (Å²) in [6.45, 7) is 22.6. The topological polar surface area (TPSA) is 120 Å². The Balaban J connectivity index is 0.000000139. The van der Waals surface area contributed by atoms with Gasteiger partial charge < -0.3 is 18.2 Å². The van der Waals surface area contributed by atoms with Gasteiger partial charge in [-0.1, -0.05) is 235 Å². The maximum absolute atomic E-state index is 5.78. The largest absolute Gasteiger partial charge is 0.470 e.